The maximum atomic E-state index is 13.4. The van der Waals surface area contributed by atoms with E-state index in [0.717, 1.165) is 23.5 Å². The van der Waals surface area contributed by atoms with Gasteiger partial charge in [0.25, 0.3) is 0 Å². The molecule has 0 bridgehead atoms. The van der Waals surface area contributed by atoms with Gasteiger partial charge in [0.2, 0.25) is 10.0 Å². The van der Waals surface area contributed by atoms with Crippen molar-refractivity contribution in [3.05, 3.63) is 58.6 Å². The van der Waals surface area contributed by atoms with Crippen LogP contribution in [0.3, 0.4) is 0 Å². The first kappa shape index (κ1) is 20.7. The standard InChI is InChI=1S/C19H20ClFN6O2S/c1-13-11-14(2)27(24-13)19-6-5-18(22-23-19)25-7-9-26(10-8-25)30(28,29)15-3-4-17(21)16(20)12-15/h3-6,11-12H,7-10H2,1-2H3. The number of sulfonamides is 1. The lowest BCUT2D eigenvalue weighted by Gasteiger charge is -2.34. The highest BCUT2D eigenvalue weighted by atomic mass is 35.5. The van der Waals surface area contributed by atoms with Crippen molar-refractivity contribution in [3.8, 4) is 5.82 Å². The lowest BCUT2D eigenvalue weighted by molar-refractivity contribution is 0.383. The zero-order valence-corrected chi connectivity index (χ0v) is 18.0. The van der Waals surface area contributed by atoms with Gasteiger partial charge in [-0.05, 0) is 50.2 Å². The Morgan fingerprint density at radius 1 is 0.967 bits per heavy atom. The van der Waals surface area contributed by atoms with Gasteiger partial charge in [0.15, 0.2) is 11.6 Å². The van der Waals surface area contributed by atoms with Crippen molar-refractivity contribution in [2.24, 2.45) is 0 Å². The van der Waals surface area contributed by atoms with Crippen LogP contribution in [0.1, 0.15) is 11.4 Å². The van der Waals surface area contributed by atoms with Crippen molar-refractivity contribution in [1.82, 2.24) is 24.3 Å². The Kier molecular flexibility index (Phi) is 5.48. The number of piperazine rings is 1. The van der Waals surface area contributed by atoms with Gasteiger partial charge in [-0.1, -0.05) is 11.6 Å². The van der Waals surface area contributed by atoms with Crippen LogP contribution in [0.4, 0.5) is 10.2 Å². The van der Waals surface area contributed by atoms with Gasteiger partial charge in [-0.15, -0.1) is 10.2 Å². The second-order valence-corrected chi connectivity index (χ2v) is 9.40. The molecule has 0 spiro atoms. The van der Waals surface area contributed by atoms with E-state index in [1.165, 1.54) is 10.4 Å². The number of benzene rings is 1. The number of halogens is 2. The molecule has 0 N–H and O–H groups in total. The van der Waals surface area contributed by atoms with E-state index < -0.39 is 15.8 Å². The van der Waals surface area contributed by atoms with Gasteiger partial charge in [-0.3, -0.25) is 0 Å². The molecular weight excluding hydrogens is 431 g/mol. The van der Waals surface area contributed by atoms with E-state index in [4.69, 9.17) is 11.6 Å². The molecule has 1 fully saturated rings. The molecule has 0 atom stereocenters. The highest BCUT2D eigenvalue weighted by molar-refractivity contribution is 7.89. The fourth-order valence-corrected chi connectivity index (χ4v) is 5.10. The maximum Gasteiger partial charge on any atom is 0.243 e. The Balaban J connectivity index is 1.45. The molecule has 4 rings (SSSR count). The minimum atomic E-state index is -3.74. The summed E-state index contributed by atoms with van der Waals surface area (Å²) in [7, 11) is -3.74. The minimum absolute atomic E-state index is 0.0172. The van der Waals surface area contributed by atoms with Gasteiger partial charge < -0.3 is 4.90 Å². The lowest BCUT2D eigenvalue weighted by atomic mass is 10.3. The van der Waals surface area contributed by atoms with Gasteiger partial charge in [0.1, 0.15) is 5.82 Å². The van der Waals surface area contributed by atoms with Gasteiger partial charge in [-0.25, -0.2) is 17.5 Å². The van der Waals surface area contributed by atoms with E-state index in [1.54, 1.807) is 4.68 Å². The molecule has 1 aliphatic heterocycles. The molecule has 1 aliphatic rings. The fourth-order valence-electron chi connectivity index (χ4n) is 3.40. The molecule has 0 amide bonds. The second-order valence-electron chi connectivity index (χ2n) is 7.06. The highest BCUT2D eigenvalue weighted by Gasteiger charge is 2.29. The van der Waals surface area contributed by atoms with E-state index in [2.05, 4.69) is 15.3 Å². The molecule has 0 radical (unpaired) electrons. The van der Waals surface area contributed by atoms with Crippen LogP contribution in [0.15, 0.2) is 41.3 Å². The zero-order chi connectivity index (χ0) is 21.5. The first-order valence-electron chi connectivity index (χ1n) is 9.33. The van der Waals surface area contributed by atoms with Crippen molar-refractivity contribution in [2.45, 2.75) is 18.7 Å². The van der Waals surface area contributed by atoms with Gasteiger partial charge >= 0.3 is 0 Å². The van der Waals surface area contributed by atoms with Crippen LogP contribution in [0.2, 0.25) is 5.02 Å². The largest absolute Gasteiger partial charge is 0.352 e. The third-order valence-electron chi connectivity index (χ3n) is 4.95. The monoisotopic (exact) mass is 450 g/mol. The molecule has 30 heavy (non-hydrogen) atoms. The van der Waals surface area contributed by atoms with Crippen LogP contribution in [-0.2, 0) is 10.0 Å². The normalized spacial score (nSPS) is 15.5. The highest BCUT2D eigenvalue weighted by Crippen LogP contribution is 2.24. The van der Waals surface area contributed by atoms with Gasteiger partial charge in [-0.2, -0.15) is 9.40 Å². The smallest absolute Gasteiger partial charge is 0.243 e. The van der Waals surface area contributed by atoms with Crippen LogP contribution >= 0.6 is 11.6 Å². The average Bonchev–Trinajstić information content (AvgIpc) is 3.08. The number of aryl methyl sites for hydroxylation is 2. The molecular formula is C19H20ClFN6O2S. The molecule has 0 saturated carbocycles. The van der Waals surface area contributed by atoms with E-state index in [-0.39, 0.29) is 23.0 Å². The zero-order valence-electron chi connectivity index (χ0n) is 16.5. The summed E-state index contributed by atoms with van der Waals surface area (Å²) >= 11 is 5.74. The van der Waals surface area contributed by atoms with E-state index in [1.807, 2.05) is 36.9 Å². The molecule has 3 heterocycles. The van der Waals surface area contributed by atoms with Crippen LogP contribution in [0.25, 0.3) is 5.82 Å². The Labute approximate surface area is 178 Å². The molecule has 1 aromatic carbocycles. The summed E-state index contributed by atoms with van der Waals surface area (Å²) in [5.41, 5.74) is 1.87. The molecule has 8 nitrogen and oxygen atoms in total. The Hall–Kier alpha value is -2.56. The number of rotatable bonds is 4. The first-order valence-corrected chi connectivity index (χ1v) is 11.1. The fraction of sp³-hybridized carbons (Fsp3) is 0.316. The molecule has 1 saturated heterocycles. The second kappa shape index (κ2) is 7.93. The first-order chi connectivity index (χ1) is 14.3. The third kappa shape index (κ3) is 3.90. The number of hydrogen-bond acceptors (Lipinski definition) is 6. The van der Waals surface area contributed by atoms with Gasteiger partial charge in [0.05, 0.1) is 15.6 Å². The minimum Gasteiger partial charge on any atom is -0.352 e. The van der Waals surface area contributed by atoms with E-state index >= 15 is 0 Å². The predicted octanol–water partition coefficient (Wildman–Crippen LogP) is 2.58. The molecule has 11 heteroatoms. The maximum absolute atomic E-state index is 13.4. The molecule has 2 aromatic heterocycles. The number of anilines is 1. The van der Waals surface area contributed by atoms with Crippen LogP contribution in [0.5, 0.6) is 0 Å². The lowest BCUT2D eigenvalue weighted by Crippen LogP contribution is -2.49. The summed E-state index contributed by atoms with van der Waals surface area (Å²) in [6.07, 6.45) is 0. The summed E-state index contributed by atoms with van der Waals surface area (Å²) in [5, 5.41) is 12.7. The Morgan fingerprint density at radius 2 is 1.63 bits per heavy atom. The summed E-state index contributed by atoms with van der Waals surface area (Å²) < 4.78 is 42.1. The third-order valence-corrected chi connectivity index (χ3v) is 7.14. The average molecular weight is 451 g/mol. The number of hydrogen-bond donors (Lipinski definition) is 0. The number of nitrogens with zero attached hydrogens (tertiary/aromatic N) is 6. The molecule has 158 valence electrons. The Morgan fingerprint density at radius 3 is 2.20 bits per heavy atom. The van der Waals surface area contributed by atoms with Crippen molar-refractivity contribution in [3.63, 3.8) is 0 Å². The Bertz CT molecular complexity index is 1170. The SMILES string of the molecule is Cc1cc(C)n(-c2ccc(N3CCN(S(=O)(=O)c4ccc(F)c(Cl)c4)CC3)nn2)n1. The van der Waals surface area contributed by atoms with Crippen molar-refractivity contribution in [2.75, 3.05) is 31.1 Å². The van der Waals surface area contributed by atoms with Crippen molar-refractivity contribution < 1.29 is 12.8 Å². The predicted molar refractivity (Wildman–Crippen MR) is 111 cm³/mol. The van der Waals surface area contributed by atoms with Crippen LogP contribution < -0.4 is 4.90 Å². The van der Waals surface area contributed by atoms with Gasteiger partial charge in [0, 0.05) is 31.9 Å². The van der Waals surface area contributed by atoms with E-state index in [0.29, 0.717) is 24.7 Å². The topological polar surface area (TPSA) is 84.2 Å². The molecule has 0 unspecified atom stereocenters. The summed E-state index contributed by atoms with van der Waals surface area (Å²) in [6, 6.07) is 9.08. The summed E-state index contributed by atoms with van der Waals surface area (Å²) in [4.78, 5) is 1.96. The van der Waals surface area contributed by atoms with E-state index in [9.17, 15) is 12.8 Å². The van der Waals surface area contributed by atoms with Crippen LogP contribution in [-0.4, -0.2) is 58.9 Å². The van der Waals surface area contributed by atoms with Crippen molar-refractivity contribution >= 4 is 27.4 Å². The van der Waals surface area contributed by atoms with Crippen LogP contribution in [0, 0.1) is 19.7 Å². The molecule has 3 aromatic rings. The summed E-state index contributed by atoms with van der Waals surface area (Å²) in [6.45, 7) is 5.34. The quantitative estimate of drug-likeness (QED) is 0.607. The van der Waals surface area contributed by atoms with Crippen molar-refractivity contribution in [1.29, 1.82) is 0 Å². The summed E-state index contributed by atoms with van der Waals surface area (Å²) in [5.74, 6) is 0.642. The molecule has 0 aliphatic carbocycles. The number of aromatic nitrogens is 4.